The van der Waals surface area contributed by atoms with Crippen LogP contribution >= 0.6 is 0 Å². The van der Waals surface area contributed by atoms with E-state index < -0.39 is 23.8 Å². The predicted molar refractivity (Wildman–Crippen MR) is 113 cm³/mol. The van der Waals surface area contributed by atoms with E-state index >= 15 is 0 Å². The van der Waals surface area contributed by atoms with E-state index in [-0.39, 0.29) is 18.7 Å². The number of ether oxygens (including phenoxy) is 1. The van der Waals surface area contributed by atoms with Gasteiger partial charge in [-0.2, -0.15) is 0 Å². The number of hydrogen-bond acceptors (Lipinski definition) is 7. The number of nitrogens with one attached hydrogen (secondary N) is 2. The topological polar surface area (TPSA) is 108 Å². The van der Waals surface area contributed by atoms with Crippen molar-refractivity contribution >= 4 is 29.3 Å². The van der Waals surface area contributed by atoms with Gasteiger partial charge in [0.05, 0.1) is 22.9 Å². The van der Waals surface area contributed by atoms with Crippen molar-refractivity contribution in [1.29, 1.82) is 0 Å². The van der Waals surface area contributed by atoms with Gasteiger partial charge in [0.15, 0.2) is 0 Å². The highest BCUT2D eigenvalue weighted by Gasteiger charge is 2.45. The Kier molecular flexibility index (Phi) is 6.33. The molecule has 2 saturated heterocycles. The van der Waals surface area contributed by atoms with Gasteiger partial charge in [-0.3, -0.25) is 29.4 Å². The Labute approximate surface area is 181 Å². The van der Waals surface area contributed by atoms with Crippen molar-refractivity contribution in [1.82, 2.24) is 15.5 Å². The summed E-state index contributed by atoms with van der Waals surface area (Å²) in [7, 11) is 1.88. The van der Waals surface area contributed by atoms with Gasteiger partial charge in [0.2, 0.25) is 11.8 Å². The molecule has 166 valence electrons. The van der Waals surface area contributed by atoms with Crippen LogP contribution in [0.1, 0.15) is 52.8 Å². The van der Waals surface area contributed by atoms with Crippen LogP contribution in [0.25, 0.3) is 0 Å². The maximum Gasteiger partial charge on any atom is 0.264 e. The number of benzene rings is 1. The summed E-state index contributed by atoms with van der Waals surface area (Å²) < 4.78 is 5.95. The highest BCUT2D eigenvalue weighted by atomic mass is 16.5. The quantitative estimate of drug-likeness (QED) is 0.486. The molecule has 9 heteroatoms. The molecule has 0 spiro atoms. The van der Waals surface area contributed by atoms with Gasteiger partial charge in [-0.25, -0.2) is 0 Å². The molecular formula is C22H28N4O5. The third-order valence-electron chi connectivity index (χ3n) is 6.13. The monoisotopic (exact) mass is 428 g/mol. The third kappa shape index (κ3) is 4.33. The Balaban J connectivity index is 1.43. The minimum Gasteiger partial charge on any atom is -0.378 e. The number of anilines is 1. The second-order valence-corrected chi connectivity index (χ2v) is 8.24. The summed E-state index contributed by atoms with van der Waals surface area (Å²) >= 11 is 0. The Hall–Kier alpha value is -2.78. The molecule has 1 atom stereocenters. The molecule has 9 nitrogen and oxygen atoms in total. The molecule has 3 aliphatic heterocycles. The summed E-state index contributed by atoms with van der Waals surface area (Å²) in [6.45, 7) is 3.28. The molecule has 2 N–H and O–H groups in total. The molecule has 1 aromatic rings. The molecule has 4 amide bonds. The van der Waals surface area contributed by atoms with Crippen molar-refractivity contribution in [2.24, 2.45) is 0 Å². The van der Waals surface area contributed by atoms with Crippen LogP contribution in [-0.2, 0) is 14.3 Å². The largest absolute Gasteiger partial charge is 0.378 e. The van der Waals surface area contributed by atoms with Gasteiger partial charge in [0, 0.05) is 26.6 Å². The normalized spacial score (nSPS) is 22.0. The molecule has 0 saturated carbocycles. The van der Waals surface area contributed by atoms with Gasteiger partial charge < -0.3 is 15.0 Å². The van der Waals surface area contributed by atoms with Crippen LogP contribution in [0.15, 0.2) is 18.2 Å². The maximum atomic E-state index is 13.2. The van der Waals surface area contributed by atoms with Crippen LogP contribution in [-0.4, -0.2) is 74.0 Å². The summed E-state index contributed by atoms with van der Waals surface area (Å²) in [5, 5.41) is 5.54. The first kappa shape index (κ1) is 21.5. The predicted octanol–water partition coefficient (Wildman–Crippen LogP) is 0.683. The molecule has 3 aliphatic rings. The minimum atomic E-state index is -0.957. The first-order valence-electron chi connectivity index (χ1n) is 10.9. The van der Waals surface area contributed by atoms with Crippen molar-refractivity contribution < 1.29 is 23.9 Å². The van der Waals surface area contributed by atoms with Gasteiger partial charge in [-0.05, 0) is 50.9 Å². The molecule has 0 bridgehead atoms. The zero-order chi connectivity index (χ0) is 22.0. The lowest BCUT2D eigenvalue weighted by atomic mass is 10.0. The van der Waals surface area contributed by atoms with E-state index in [0.29, 0.717) is 36.1 Å². The van der Waals surface area contributed by atoms with Crippen molar-refractivity contribution in [3.63, 3.8) is 0 Å². The number of carbonyl (C=O) groups is 4. The number of piperidine rings is 2. The average Bonchev–Trinajstić information content (AvgIpc) is 3.02. The average molecular weight is 428 g/mol. The molecule has 0 aliphatic carbocycles. The number of fused-ring (bicyclic) bond motifs is 1. The molecule has 1 unspecified atom stereocenters. The lowest BCUT2D eigenvalue weighted by Crippen LogP contribution is -2.54. The SMILES string of the molecule is CN(CCCOC1CCNCC1)c1cccc2c1C(=O)N(C1CCC(=O)NC1=O)C2=O. The molecule has 4 rings (SSSR count). The Bertz CT molecular complexity index is 896. The van der Waals surface area contributed by atoms with E-state index in [1.165, 1.54) is 0 Å². The van der Waals surface area contributed by atoms with E-state index in [1.807, 2.05) is 18.0 Å². The van der Waals surface area contributed by atoms with Crippen LogP contribution in [0.5, 0.6) is 0 Å². The number of imide groups is 2. The number of hydrogen-bond donors (Lipinski definition) is 2. The minimum absolute atomic E-state index is 0.105. The number of nitrogens with zero attached hydrogens (tertiary/aromatic N) is 2. The van der Waals surface area contributed by atoms with Crippen LogP contribution < -0.4 is 15.5 Å². The van der Waals surface area contributed by atoms with Gasteiger partial charge in [-0.15, -0.1) is 0 Å². The summed E-state index contributed by atoms with van der Waals surface area (Å²) in [5.41, 5.74) is 1.27. The fraction of sp³-hybridized carbons (Fsp3) is 0.545. The molecule has 3 heterocycles. The lowest BCUT2D eigenvalue weighted by Gasteiger charge is -2.28. The van der Waals surface area contributed by atoms with Gasteiger partial charge >= 0.3 is 0 Å². The van der Waals surface area contributed by atoms with Crippen molar-refractivity contribution in [3.8, 4) is 0 Å². The second-order valence-electron chi connectivity index (χ2n) is 8.24. The van der Waals surface area contributed by atoms with Crippen molar-refractivity contribution in [2.45, 2.75) is 44.2 Å². The lowest BCUT2D eigenvalue weighted by molar-refractivity contribution is -0.136. The van der Waals surface area contributed by atoms with Crippen LogP contribution in [0.2, 0.25) is 0 Å². The summed E-state index contributed by atoms with van der Waals surface area (Å²) in [6, 6.07) is 4.21. The fourth-order valence-corrected chi connectivity index (χ4v) is 4.45. The van der Waals surface area contributed by atoms with E-state index in [1.54, 1.807) is 12.1 Å². The molecule has 0 aromatic heterocycles. The Morgan fingerprint density at radius 1 is 1.10 bits per heavy atom. The number of carbonyl (C=O) groups excluding carboxylic acids is 4. The molecule has 2 fully saturated rings. The highest BCUT2D eigenvalue weighted by molar-refractivity contribution is 6.25. The standard InChI is InChI=1S/C22H28N4O5/c1-25(12-3-13-31-14-8-10-23-11-9-14)16-5-2-4-15-19(16)22(30)26(21(15)29)17-6-7-18(27)24-20(17)28/h2,4-5,14,17,23H,3,6-13H2,1H3,(H,24,27,28). The summed E-state index contributed by atoms with van der Waals surface area (Å²) in [4.78, 5) is 52.8. The van der Waals surface area contributed by atoms with E-state index in [9.17, 15) is 19.2 Å². The van der Waals surface area contributed by atoms with Crippen molar-refractivity contribution in [3.05, 3.63) is 29.3 Å². The van der Waals surface area contributed by atoms with Crippen LogP contribution in [0.3, 0.4) is 0 Å². The van der Waals surface area contributed by atoms with Crippen LogP contribution in [0, 0.1) is 0 Å². The Morgan fingerprint density at radius 2 is 1.87 bits per heavy atom. The zero-order valence-electron chi connectivity index (χ0n) is 17.7. The summed E-state index contributed by atoms with van der Waals surface area (Å²) in [5.74, 6) is -1.96. The second kappa shape index (κ2) is 9.15. The first-order valence-corrected chi connectivity index (χ1v) is 10.9. The first-order chi connectivity index (χ1) is 15.0. The molecule has 1 aromatic carbocycles. The molecular weight excluding hydrogens is 400 g/mol. The molecule has 31 heavy (non-hydrogen) atoms. The smallest absolute Gasteiger partial charge is 0.264 e. The van der Waals surface area contributed by atoms with E-state index in [2.05, 4.69) is 10.6 Å². The molecule has 0 radical (unpaired) electrons. The van der Waals surface area contributed by atoms with Crippen molar-refractivity contribution in [2.75, 3.05) is 38.2 Å². The Morgan fingerprint density at radius 3 is 2.61 bits per heavy atom. The number of amides is 4. The van der Waals surface area contributed by atoms with Gasteiger partial charge in [0.25, 0.3) is 11.8 Å². The van der Waals surface area contributed by atoms with E-state index in [0.717, 1.165) is 37.3 Å². The maximum absolute atomic E-state index is 13.2. The third-order valence-corrected chi connectivity index (χ3v) is 6.13. The summed E-state index contributed by atoms with van der Waals surface area (Å²) in [6.07, 6.45) is 3.39. The zero-order valence-corrected chi connectivity index (χ0v) is 17.7. The van der Waals surface area contributed by atoms with Gasteiger partial charge in [0.1, 0.15) is 6.04 Å². The fourth-order valence-electron chi connectivity index (χ4n) is 4.45. The van der Waals surface area contributed by atoms with E-state index in [4.69, 9.17) is 4.74 Å². The van der Waals surface area contributed by atoms with Crippen LogP contribution in [0.4, 0.5) is 5.69 Å². The number of rotatable bonds is 7. The highest BCUT2D eigenvalue weighted by Crippen LogP contribution is 2.33. The van der Waals surface area contributed by atoms with Gasteiger partial charge in [-0.1, -0.05) is 6.07 Å².